The average Bonchev–Trinajstić information content (AvgIpc) is 2.93. The third kappa shape index (κ3) is 6.65. The van der Waals surface area contributed by atoms with E-state index in [1.807, 2.05) is 0 Å². The molecule has 0 aliphatic heterocycles. The van der Waals surface area contributed by atoms with Crippen LogP contribution < -0.4 is 14.4 Å². The molecule has 0 fully saturated rings. The molecule has 0 aromatic heterocycles. The minimum Gasteiger partial charge on any atom is -0.497 e. The van der Waals surface area contributed by atoms with Gasteiger partial charge in [-0.05, 0) is 60.9 Å². The van der Waals surface area contributed by atoms with Crippen LogP contribution in [0.4, 0.5) is 5.69 Å². The van der Waals surface area contributed by atoms with E-state index in [1.54, 1.807) is 75.6 Å². The molecule has 0 saturated heterocycles. The van der Waals surface area contributed by atoms with Gasteiger partial charge in [0.15, 0.2) is 0 Å². The highest BCUT2D eigenvalue weighted by Gasteiger charge is 2.34. The van der Waals surface area contributed by atoms with Crippen molar-refractivity contribution >= 4 is 39.1 Å². The molecular formula is C28H32ClN3O5S. The summed E-state index contributed by atoms with van der Waals surface area (Å²) >= 11 is 6.24. The zero-order valence-corrected chi connectivity index (χ0v) is 23.4. The fraction of sp³-hybridized carbons (Fsp3) is 0.286. The van der Waals surface area contributed by atoms with E-state index in [0.29, 0.717) is 22.8 Å². The van der Waals surface area contributed by atoms with Crippen LogP contribution in [-0.2, 0) is 26.2 Å². The number of amides is 2. The van der Waals surface area contributed by atoms with Gasteiger partial charge in [0.1, 0.15) is 18.3 Å². The van der Waals surface area contributed by atoms with Gasteiger partial charge in [0.2, 0.25) is 11.8 Å². The number of anilines is 1. The second kappa shape index (κ2) is 12.8. The van der Waals surface area contributed by atoms with Crippen LogP contribution in [0, 0.1) is 6.92 Å². The Hall–Kier alpha value is -3.56. The molecule has 0 bridgehead atoms. The maximum absolute atomic E-state index is 13.9. The highest BCUT2D eigenvalue weighted by atomic mass is 35.5. The monoisotopic (exact) mass is 557 g/mol. The maximum atomic E-state index is 13.9. The quantitative estimate of drug-likeness (QED) is 0.377. The first-order valence-electron chi connectivity index (χ1n) is 12.1. The van der Waals surface area contributed by atoms with E-state index in [4.69, 9.17) is 16.3 Å². The summed E-state index contributed by atoms with van der Waals surface area (Å²) in [4.78, 5) is 28.2. The van der Waals surface area contributed by atoms with Crippen LogP contribution in [0.2, 0.25) is 5.02 Å². The summed E-state index contributed by atoms with van der Waals surface area (Å²) in [5.41, 5.74) is 1.67. The predicted molar refractivity (Wildman–Crippen MR) is 149 cm³/mol. The number of benzene rings is 3. The summed E-state index contributed by atoms with van der Waals surface area (Å²) in [6, 6.07) is 19.1. The predicted octanol–water partition coefficient (Wildman–Crippen LogP) is 4.41. The number of hydrogen-bond acceptors (Lipinski definition) is 5. The number of nitrogens with zero attached hydrogens (tertiary/aromatic N) is 2. The Kier molecular flexibility index (Phi) is 9.77. The van der Waals surface area contributed by atoms with E-state index >= 15 is 0 Å². The molecule has 1 atom stereocenters. The molecule has 0 spiro atoms. The standard InChI is InChI=1S/C28H32ClN3O5S/c1-5-25(28(34)30-3)31(18-21-12-15-23(37-4)16-13-21)27(33)19-32(26-17-22(29)14-11-20(26)2)38(35,36)24-9-7-6-8-10-24/h6-17,25H,5,18-19H2,1-4H3,(H,30,34)/t25-/m1/s1. The van der Waals surface area contributed by atoms with Gasteiger partial charge < -0.3 is 15.0 Å². The number of nitrogens with one attached hydrogen (secondary N) is 1. The zero-order valence-electron chi connectivity index (χ0n) is 21.8. The molecule has 0 heterocycles. The van der Waals surface area contributed by atoms with Crippen LogP contribution in [0.1, 0.15) is 24.5 Å². The van der Waals surface area contributed by atoms with Crippen LogP contribution >= 0.6 is 11.6 Å². The number of carbonyl (C=O) groups is 2. The smallest absolute Gasteiger partial charge is 0.264 e. The largest absolute Gasteiger partial charge is 0.497 e. The lowest BCUT2D eigenvalue weighted by Crippen LogP contribution is -2.51. The Morgan fingerprint density at radius 2 is 1.68 bits per heavy atom. The van der Waals surface area contributed by atoms with Crippen LogP contribution in [0.3, 0.4) is 0 Å². The lowest BCUT2D eigenvalue weighted by atomic mass is 10.1. The number of sulfonamides is 1. The Balaban J connectivity index is 2.08. The second-order valence-electron chi connectivity index (χ2n) is 8.66. The molecule has 202 valence electrons. The van der Waals surface area contributed by atoms with Crippen molar-refractivity contribution in [2.24, 2.45) is 0 Å². The SMILES string of the molecule is CC[C@H](C(=O)NC)N(Cc1ccc(OC)cc1)C(=O)CN(c1cc(Cl)ccc1C)S(=O)(=O)c1ccccc1. The lowest BCUT2D eigenvalue weighted by molar-refractivity contribution is -0.140. The van der Waals surface area contributed by atoms with Gasteiger partial charge in [-0.25, -0.2) is 8.42 Å². The second-order valence-corrected chi connectivity index (χ2v) is 11.0. The van der Waals surface area contributed by atoms with Gasteiger partial charge >= 0.3 is 0 Å². The third-order valence-electron chi connectivity index (χ3n) is 6.19. The number of methoxy groups -OCH3 is 1. The average molecular weight is 558 g/mol. The topological polar surface area (TPSA) is 96.0 Å². The highest BCUT2D eigenvalue weighted by molar-refractivity contribution is 7.92. The van der Waals surface area contributed by atoms with Crippen LogP contribution in [-0.4, -0.2) is 51.9 Å². The van der Waals surface area contributed by atoms with Crippen molar-refractivity contribution in [2.75, 3.05) is 25.0 Å². The molecule has 0 aliphatic carbocycles. The van der Waals surface area contributed by atoms with Gasteiger partial charge in [-0.1, -0.05) is 54.9 Å². The number of aryl methyl sites for hydroxylation is 1. The number of rotatable bonds is 11. The van der Waals surface area contributed by atoms with Gasteiger partial charge in [0.25, 0.3) is 10.0 Å². The normalized spacial score (nSPS) is 11.9. The van der Waals surface area contributed by atoms with Crippen molar-refractivity contribution in [3.05, 3.63) is 88.9 Å². The van der Waals surface area contributed by atoms with Crippen molar-refractivity contribution in [3.8, 4) is 5.75 Å². The number of hydrogen-bond donors (Lipinski definition) is 1. The van der Waals surface area contributed by atoms with E-state index < -0.39 is 28.5 Å². The maximum Gasteiger partial charge on any atom is 0.264 e. The molecule has 38 heavy (non-hydrogen) atoms. The molecule has 3 rings (SSSR count). The third-order valence-corrected chi connectivity index (χ3v) is 8.20. The van der Waals surface area contributed by atoms with E-state index in [2.05, 4.69) is 5.32 Å². The van der Waals surface area contributed by atoms with Crippen LogP contribution in [0.15, 0.2) is 77.7 Å². The highest BCUT2D eigenvalue weighted by Crippen LogP contribution is 2.30. The van der Waals surface area contributed by atoms with Crippen LogP contribution in [0.25, 0.3) is 0 Å². The van der Waals surface area contributed by atoms with Gasteiger partial charge in [-0.3, -0.25) is 13.9 Å². The minimum atomic E-state index is -4.15. The molecule has 0 radical (unpaired) electrons. The molecule has 0 aliphatic rings. The minimum absolute atomic E-state index is 0.0345. The first-order valence-corrected chi connectivity index (χ1v) is 13.9. The van der Waals surface area contributed by atoms with Gasteiger partial charge in [0, 0.05) is 18.6 Å². The van der Waals surface area contributed by atoms with Crippen molar-refractivity contribution < 1.29 is 22.7 Å². The Bertz CT molecular complexity index is 1360. The Morgan fingerprint density at radius 1 is 1.03 bits per heavy atom. The fourth-order valence-electron chi connectivity index (χ4n) is 4.10. The molecule has 10 heteroatoms. The molecule has 8 nitrogen and oxygen atoms in total. The molecule has 1 N–H and O–H groups in total. The van der Waals surface area contributed by atoms with Crippen molar-refractivity contribution in [1.82, 2.24) is 10.2 Å². The van der Waals surface area contributed by atoms with E-state index in [9.17, 15) is 18.0 Å². The Labute approximate surface area is 229 Å². The summed E-state index contributed by atoms with van der Waals surface area (Å²) in [5, 5.41) is 2.94. The lowest BCUT2D eigenvalue weighted by Gasteiger charge is -2.33. The van der Waals surface area contributed by atoms with E-state index in [0.717, 1.165) is 9.87 Å². The first-order chi connectivity index (χ1) is 18.1. The summed E-state index contributed by atoms with van der Waals surface area (Å²) in [7, 11) is -1.09. The van der Waals surface area contributed by atoms with Gasteiger partial charge in [0.05, 0.1) is 17.7 Å². The number of ether oxygens (including phenoxy) is 1. The van der Waals surface area contributed by atoms with Gasteiger partial charge in [-0.15, -0.1) is 0 Å². The summed E-state index contributed by atoms with van der Waals surface area (Å²) in [6.07, 6.45) is 0.337. The number of likely N-dealkylation sites (N-methyl/N-ethyl adjacent to an activating group) is 1. The molecule has 0 unspecified atom stereocenters. The number of carbonyl (C=O) groups excluding carboxylic acids is 2. The van der Waals surface area contributed by atoms with E-state index in [1.165, 1.54) is 30.1 Å². The molecule has 2 amide bonds. The number of halogens is 1. The zero-order chi connectivity index (χ0) is 27.9. The first kappa shape index (κ1) is 29.0. The fourth-order valence-corrected chi connectivity index (χ4v) is 5.76. The summed E-state index contributed by atoms with van der Waals surface area (Å²) < 4.78 is 33.9. The van der Waals surface area contributed by atoms with E-state index in [-0.39, 0.29) is 23.0 Å². The molecule has 3 aromatic rings. The van der Waals surface area contributed by atoms with Crippen molar-refractivity contribution in [2.45, 2.75) is 37.8 Å². The van der Waals surface area contributed by atoms with Crippen molar-refractivity contribution in [3.63, 3.8) is 0 Å². The molecule has 0 saturated carbocycles. The van der Waals surface area contributed by atoms with Crippen molar-refractivity contribution in [1.29, 1.82) is 0 Å². The molecule has 3 aromatic carbocycles. The van der Waals surface area contributed by atoms with Crippen LogP contribution in [0.5, 0.6) is 5.75 Å². The van der Waals surface area contributed by atoms with Gasteiger partial charge in [-0.2, -0.15) is 0 Å². The Morgan fingerprint density at radius 3 is 2.26 bits per heavy atom. The molecular weight excluding hydrogens is 526 g/mol. The summed E-state index contributed by atoms with van der Waals surface area (Å²) in [6.45, 7) is 3.12. The summed E-state index contributed by atoms with van der Waals surface area (Å²) in [5.74, 6) is -0.220.